The van der Waals surface area contributed by atoms with Gasteiger partial charge in [-0.2, -0.15) is 4.73 Å². The van der Waals surface area contributed by atoms with Gasteiger partial charge < -0.3 is 5.21 Å². The highest BCUT2D eigenvalue weighted by atomic mass is 79.9. The fourth-order valence-electron chi connectivity index (χ4n) is 1.15. The summed E-state index contributed by atoms with van der Waals surface area (Å²) in [7, 11) is 0. The zero-order valence-corrected chi connectivity index (χ0v) is 9.80. The van der Waals surface area contributed by atoms with Crippen molar-refractivity contribution in [3.8, 4) is 11.3 Å². The van der Waals surface area contributed by atoms with Crippen LogP contribution in [0.3, 0.4) is 0 Å². The molecule has 2 aromatic rings. The van der Waals surface area contributed by atoms with E-state index < -0.39 is 0 Å². The highest BCUT2D eigenvalue weighted by molar-refractivity contribution is 9.11. The third-order valence-corrected chi connectivity index (χ3v) is 3.39. The first-order valence-corrected chi connectivity index (χ1v) is 5.60. The summed E-state index contributed by atoms with van der Waals surface area (Å²) in [4.78, 5) is 4.37. The number of thiazole rings is 1. The molecule has 0 N–H and O–H groups in total. The van der Waals surface area contributed by atoms with Gasteiger partial charge in [0.05, 0.1) is 14.5 Å². The van der Waals surface area contributed by atoms with Crippen molar-refractivity contribution in [3.63, 3.8) is 0 Å². The molecule has 2 heterocycles. The molecular weight excluding hydrogens is 264 g/mol. The first-order valence-electron chi connectivity index (χ1n) is 3.99. The van der Waals surface area contributed by atoms with Crippen molar-refractivity contribution >= 4 is 27.3 Å². The molecule has 0 aromatic carbocycles. The number of halogens is 1. The van der Waals surface area contributed by atoms with Crippen LogP contribution < -0.4 is 4.73 Å². The van der Waals surface area contributed by atoms with Crippen molar-refractivity contribution in [2.24, 2.45) is 0 Å². The van der Waals surface area contributed by atoms with E-state index in [1.54, 1.807) is 23.5 Å². The molecule has 0 spiro atoms. The molecule has 2 rings (SSSR count). The summed E-state index contributed by atoms with van der Waals surface area (Å²) >= 11 is 5.03. The minimum Gasteiger partial charge on any atom is -0.619 e. The zero-order valence-electron chi connectivity index (χ0n) is 7.40. The van der Waals surface area contributed by atoms with Crippen LogP contribution in [0.1, 0.15) is 5.01 Å². The van der Waals surface area contributed by atoms with Crippen LogP contribution >= 0.6 is 27.3 Å². The molecule has 0 bridgehead atoms. The maximum atomic E-state index is 10.8. The number of aromatic nitrogens is 2. The summed E-state index contributed by atoms with van der Waals surface area (Å²) in [6.07, 6.45) is 2.94. The molecular formula is C9H7BrN2OS. The third-order valence-electron chi connectivity index (χ3n) is 1.77. The Hall–Kier alpha value is -0.940. The van der Waals surface area contributed by atoms with E-state index in [0.29, 0.717) is 0 Å². The molecule has 14 heavy (non-hydrogen) atoms. The standard InChI is InChI=1S/C9H7BrN2OS/c1-6-11-8(9(10)14-6)7-2-4-12(13)5-3-7/h2-5H,1H3. The van der Waals surface area contributed by atoms with E-state index in [1.165, 1.54) is 12.4 Å². The van der Waals surface area contributed by atoms with E-state index in [2.05, 4.69) is 20.9 Å². The van der Waals surface area contributed by atoms with Gasteiger partial charge in [0.1, 0.15) is 0 Å². The molecule has 0 atom stereocenters. The number of rotatable bonds is 1. The predicted molar refractivity (Wildman–Crippen MR) is 58.9 cm³/mol. The third kappa shape index (κ3) is 1.78. The van der Waals surface area contributed by atoms with Gasteiger partial charge in [-0.05, 0) is 22.9 Å². The topological polar surface area (TPSA) is 39.8 Å². The summed E-state index contributed by atoms with van der Waals surface area (Å²) in [5.41, 5.74) is 1.85. The maximum Gasteiger partial charge on any atom is 0.181 e. The summed E-state index contributed by atoms with van der Waals surface area (Å²) in [6.45, 7) is 1.95. The lowest BCUT2D eigenvalue weighted by atomic mass is 10.2. The Balaban J connectivity index is 2.49. The molecule has 2 aromatic heterocycles. The Morgan fingerprint density at radius 2 is 2.07 bits per heavy atom. The van der Waals surface area contributed by atoms with E-state index in [1.807, 2.05) is 6.92 Å². The Morgan fingerprint density at radius 3 is 2.57 bits per heavy atom. The highest BCUT2D eigenvalue weighted by Gasteiger charge is 2.09. The molecule has 0 fully saturated rings. The van der Waals surface area contributed by atoms with Crippen LogP contribution in [-0.2, 0) is 0 Å². The van der Waals surface area contributed by atoms with Crippen molar-refractivity contribution in [1.82, 2.24) is 4.98 Å². The van der Waals surface area contributed by atoms with Crippen molar-refractivity contribution in [2.75, 3.05) is 0 Å². The zero-order chi connectivity index (χ0) is 10.1. The number of pyridine rings is 1. The van der Waals surface area contributed by atoms with Crippen LogP contribution in [-0.4, -0.2) is 4.98 Å². The van der Waals surface area contributed by atoms with Crippen molar-refractivity contribution in [2.45, 2.75) is 6.92 Å². The van der Waals surface area contributed by atoms with Gasteiger partial charge >= 0.3 is 0 Å². The van der Waals surface area contributed by atoms with Gasteiger partial charge in [0.15, 0.2) is 12.4 Å². The van der Waals surface area contributed by atoms with E-state index in [-0.39, 0.29) is 0 Å². The molecule has 0 saturated heterocycles. The van der Waals surface area contributed by atoms with Crippen molar-refractivity contribution in [1.29, 1.82) is 0 Å². The molecule has 0 aliphatic carbocycles. The lowest BCUT2D eigenvalue weighted by Crippen LogP contribution is -2.23. The Kier molecular flexibility index (Phi) is 2.52. The maximum absolute atomic E-state index is 10.8. The molecule has 0 saturated carbocycles. The minimum absolute atomic E-state index is 0.761. The van der Waals surface area contributed by atoms with Crippen molar-refractivity contribution in [3.05, 3.63) is 38.5 Å². The van der Waals surface area contributed by atoms with Crippen LogP contribution in [0.2, 0.25) is 0 Å². The lowest BCUT2D eigenvalue weighted by Gasteiger charge is -1.97. The van der Waals surface area contributed by atoms with Crippen LogP contribution in [0, 0.1) is 12.1 Å². The second kappa shape index (κ2) is 3.67. The van der Waals surface area contributed by atoms with Gasteiger partial charge in [0, 0.05) is 17.7 Å². The average Bonchev–Trinajstić information content (AvgIpc) is 2.47. The normalized spacial score (nSPS) is 10.4. The largest absolute Gasteiger partial charge is 0.619 e. The van der Waals surface area contributed by atoms with Gasteiger partial charge in [-0.25, -0.2) is 4.98 Å². The molecule has 0 amide bonds. The van der Waals surface area contributed by atoms with Gasteiger partial charge in [-0.3, -0.25) is 0 Å². The van der Waals surface area contributed by atoms with Crippen molar-refractivity contribution < 1.29 is 4.73 Å². The van der Waals surface area contributed by atoms with Crippen LogP contribution in [0.5, 0.6) is 0 Å². The Morgan fingerprint density at radius 1 is 1.43 bits per heavy atom. The fraction of sp³-hybridized carbons (Fsp3) is 0.111. The predicted octanol–water partition coefficient (Wildman–Crippen LogP) is 2.51. The molecule has 5 heteroatoms. The van der Waals surface area contributed by atoms with E-state index in [4.69, 9.17) is 0 Å². The molecule has 72 valence electrons. The van der Waals surface area contributed by atoms with Crippen LogP contribution in [0.4, 0.5) is 0 Å². The average molecular weight is 271 g/mol. The summed E-state index contributed by atoms with van der Waals surface area (Å²) in [5.74, 6) is 0. The second-order valence-electron chi connectivity index (χ2n) is 2.80. The first kappa shape index (κ1) is 9.61. The summed E-state index contributed by atoms with van der Waals surface area (Å²) in [5, 5.41) is 11.8. The molecule has 0 aliphatic rings. The number of hydrogen-bond donors (Lipinski definition) is 0. The lowest BCUT2D eigenvalue weighted by molar-refractivity contribution is -0.605. The van der Waals surface area contributed by atoms with Crippen LogP contribution in [0.15, 0.2) is 28.3 Å². The molecule has 0 aliphatic heterocycles. The highest BCUT2D eigenvalue weighted by Crippen LogP contribution is 2.31. The SMILES string of the molecule is Cc1nc(-c2cc[n+]([O-])cc2)c(Br)s1. The summed E-state index contributed by atoms with van der Waals surface area (Å²) < 4.78 is 1.76. The van der Waals surface area contributed by atoms with Crippen LogP contribution in [0.25, 0.3) is 11.3 Å². The van der Waals surface area contributed by atoms with Gasteiger partial charge in [-0.15, -0.1) is 11.3 Å². The van der Waals surface area contributed by atoms with E-state index in [9.17, 15) is 5.21 Å². The Labute approximate surface area is 93.8 Å². The number of aryl methyl sites for hydroxylation is 1. The fourth-order valence-corrected chi connectivity index (χ4v) is 2.83. The minimum atomic E-state index is 0.761. The second-order valence-corrected chi connectivity index (χ2v) is 5.32. The number of hydrogen-bond acceptors (Lipinski definition) is 3. The van der Waals surface area contributed by atoms with E-state index >= 15 is 0 Å². The molecule has 3 nitrogen and oxygen atoms in total. The van der Waals surface area contributed by atoms with E-state index in [0.717, 1.165) is 24.8 Å². The number of nitrogens with zero attached hydrogens (tertiary/aromatic N) is 2. The quantitative estimate of drug-likeness (QED) is 0.590. The molecule has 0 unspecified atom stereocenters. The smallest absolute Gasteiger partial charge is 0.181 e. The molecule has 0 radical (unpaired) electrons. The van der Waals surface area contributed by atoms with Gasteiger partial charge in [0.25, 0.3) is 0 Å². The Bertz CT molecular complexity index is 452. The van der Waals surface area contributed by atoms with Gasteiger partial charge in [-0.1, -0.05) is 0 Å². The summed E-state index contributed by atoms with van der Waals surface area (Å²) in [6, 6.07) is 3.51. The monoisotopic (exact) mass is 270 g/mol. The van der Waals surface area contributed by atoms with Gasteiger partial charge in [0.2, 0.25) is 0 Å². The first-order chi connectivity index (χ1) is 6.66.